The standard InChI is InChI=1S/C19H23Cl2NO2.ClH/c1-4-23-18-10-14(11-22-13(2)3)9-17(21)19(18)24-12-15-7-5-6-8-16(15)20;/h5-10,13,22H,4,11-12H2,1-3H3;1H. The SMILES string of the molecule is CCOc1cc(CNC(C)C)cc(Cl)c1OCc1ccccc1Cl.Cl. The highest BCUT2D eigenvalue weighted by molar-refractivity contribution is 6.32. The van der Waals surface area contributed by atoms with Gasteiger partial charge in [-0.25, -0.2) is 0 Å². The molecule has 2 aromatic carbocycles. The Morgan fingerprint density at radius 2 is 1.76 bits per heavy atom. The van der Waals surface area contributed by atoms with Gasteiger partial charge in [-0.15, -0.1) is 12.4 Å². The van der Waals surface area contributed by atoms with Gasteiger partial charge in [0.2, 0.25) is 0 Å². The summed E-state index contributed by atoms with van der Waals surface area (Å²) in [7, 11) is 0. The van der Waals surface area contributed by atoms with Crippen LogP contribution in [0.5, 0.6) is 11.5 Å². The first-order valence-corrected chi connectivity index (χ1v) is 8.81. The summed E-state index contributed by atoms with van der Waals surface area (Å²) in [6.07, 6.45) is 0. The van der Waals surface area contributed by atoms with Crippen LogP contribution in [0.4, 0.5) is 0 Å². The molecule has 1 N–H and O–H groups in total. The van der Waals surface area contributed by atoms with E-state index in [0.29, 0.717) is 40.8 Å². The highest BCUT2D eigenvalue weighted by Crippen LogP contribution is 2.37. The Morgan fingerprint density at radius 3 is 2.40 bits per heavy atom. The van der Waals surface area contributed by atoms with E-state index in [9.17, 15) is 0 Å². The summed E-state index contributed by atoms with van der Waals surface area (Å²) in [5.41, 5.74) is 1.96. The molecule has 0 saturated carbocycles. The quantitative estimate of drug-likeness (QED) is 0.595. The number of rotatable bonds is 8. The van der Waals surface area contributed by atoms with Gasteiger partial charge in [0.15, 0.2) is 11.5 Å². The van der Waals surface area contributed by atoms with E-state index < -0.39 is 0 Å². The number of hydrogen-bond acceptors (Lipinski definition) is 3. The third-order valence-corrected chi connectivity index (χ3v) is 4.06. The second kappa shape index (κ2) is 10.8. The lowest BCUT2D eigenvalue weighted by molar-refractivity contribution is 0.269. The monoisotopic (exact) mass is 403 g/mol. The summed E-state index contributed by atoms with van der Waals surface area (Å²) >= 11 is 12.6. The molecule has 0 aromatic heterocycles. The average Bonchev–Trinajstić information content (AvgIpc) is 2.54. The lowest BCUT2D eigenvalue weighted by atomic mass is 10.2. The molecule has 0 heterocycles. The van der Waals surface area contributed by atoms with Gasteiger partial charge in [-0.1, -0.05) is 55.2 Å². The molecule has 0 fully saturated rings. The second-order valence-electron chi connectivity index (χ2n) is 5.75. The fourth-order valence-corrected chi connectivity index (χ4v) is 2.69. The van der Waals surface area contributed by atoms with Crippen molar-refractivity contribution in [1.82, 2.24) is 5.32 Å². The Balaban J connectivity index is 0.00000312. The van der Waals surface area contributed by atoms with Crippen molar-refractivity contribution in [2.75, 3.05) is 6.61 Å². The van der Waals surface area contributed by atoms with Gasteiger partial charge in [0.05, 0.1) is 11.6 Å². The van der Waals surface area contributed by atoms with Crippen molar-refractivity contribution >= 4 is 35.6 Å². The Kier molecular flexibility index (Phi) is 9.44. The van der Waals surface area contributed by atoms with Crippen molar-refractivity contribution in [1.29, 1.82) is 0 Å². The Hall–Kier alpha value is -1.13. The normalized spacial score (nSPS) is 10.5. The van der Waals surface area contributed by atoms with Crippen molar-refractivity contribution in [3.8, 4) is 11.5 Å². The molecule has 3 nitrogen and oxygen atoms in total. The lowest BCUT2D eigenvalue weighted by Crippen LogP contribution is -2.21. The number of hydrogen-bond donors (Lipinski definition) is 1. The maximum Gasteiger partial charge on any atom is 0.180 e. The molecular formula is C19H24Cl3NO2. The Morgan fingerprint density at radius 1 is 1.04 bits per heavy atom. The largest absolute Gasteiger partial charge is 0.490 e. The van der Waals surface area contributed by atoms with E-state index in [2.05, 4.69) is 19.2 Å². The molecule has 0 saturated heterocycles. The molecule has 2 aromatic rings. The first-order chi connectivity index (χ1) is 11.5. The predicted molar refractivity (Wildman–Crippen MR) is 108 cm³/mol. The summed E-state index contributed by atoms with van der Waals surface area (Å²) < 4.78 is 11.6. The van der Waals surface area contributed by atoms with Crippen LogP contribution >= 0.6 is 35.6 Å². The summed E-state index contributed by atoms with van der Waals surface area (Å²) in [6, 6.07) is 11.9. The van der Waals surface area contributed by atoms with Crippen LogP contribution in [0.1, 0.15) is 31.9 Å². The van der Waals surface area contributed by atoms with E-state index in [1.165, 1.54) is 0 Å². The third kappa shape index (κ3) is 6.59. The zero-order valence-electron chi connectivity index (χ0n) is 14.6. The summed E-state index contributed by atoms with van der Waals surface area (Å²) in [5, 5.41) is 4.58. The predicted octanol–water partition coefficient (Wildman–Crippen LogP) is 5.89. The van der Waals surface area contributed by atoms with E-state index in [4.69, 9.17) is 32.7 Å². The molecule has 0 aliphatic rings. The Labute approximate surface area is 166 Å². The van der Waals surface area contributed by atoms with Crippen LogP contribution < -0.4 is 14.8 Å². The first kappa shape index (κ1) is 21.9. The van der Waals surface area contributed by atoms with Crippen LogP contribution in [-0.4, -0.2) is 12.6 Å². The molecule has 6 heteroatoms. The van der Waals surface area contributed by atoms with Gasteiger partial charge in [-0.05, 0) is 30.7 Å². The van der Waals surface area contributed by atoms with Gasteiger partial charge < -0.3 is 14.8 Å². The molecule has 138 valence electrons. The van der Waals surface area contributed by atoms with Crippen LogP contribution in [0.25, 0.3) is 0 Å². The van der Waals surface area contributed by atoms with E-state index in [1.807, 2.05) is 43.3 Å². The van der Waals surface area contributed by atoms with Gasteiger partial charge >= 0.3 is 0 Å². The zero-order chi connectivity index (χ0) is 17.5. The molecule has 0 atom stereocenters. The first-order valence-electron chi connectivity index (χ1n) is 8.06. The van der Waals surface area contributed by atoms with Crippen LogP contribution in [0, 0.1) is 0 Å². The fraction of sp³-hybridized carbons (Fsp3) is 0.368. The molecule has 0 bridgehead atoms. The molecule has 0 radical (unpaired) electrons. The molecule has 0 aliphatic carbocycles. The maximum absolute atomic E-state index is 6.43. The molecule has 0 aliphatic heterocycles. The number of ether oxygens (including phenoxy) is 2. The fourth-order valence-electron chi connectivity index (χ4n) is 2.21. The summed E-state index contributed by atoms with van der Waals surface area (Å²) in [5.74, 6) is 1.20. The number of benzene rings is 2. The number of nitrogens with one attached hydrogen (secondary N) is 1. The number of halogens is 3. The molecular weight excluding hydrogens is 381 g/mol. The molecule has 2 rings (SSSR count). The van der Waals surface area contributed by atoms with Crippen LogP contribution in [0.2, 0.25) is 10.0 Å². The van der Waals surface area contributed by atoms with E-state index >= 15 is 0 Å². The molecule has 0 amide bonds. The van der Waals surface area contributed by atoms with E-state index in [1.54, 1.807) is 0 Å². The van der Waals surface area contributed by atoms with Gasteiger partial charge in [0, 0.05) is 23.2 Å². The van der Waals surface area contributed by atoms with Crippen molar-refractivity contribution in [3.05, 3.63) is 57.6 Å². The van der Waals surface area contributed by atoms with Crippen molar-refractivity contribution in [2.24, 2.45) is 0 Å². The zero-order valence-corrected chi connectivity index (χ0v) is 17.0. The van der Waals surface area contributed by atoms with E-state index in [0.717, 1.165) is 17.7 Å². The highest BCUT2D eigenvalue weighted by atomic mass is 35.5. The minimum Gasteiger partial charge on any atom is -0.490 e. The van der Waals surface area contributed by atoms with Gasteiger partial charge in [-0.2, -0.15) is 0 Å². The third-order valence-electron chi connectivity index (χ3n) is 3.41. The summed E-state index contributed by atoms with van der Waals surface area (Å²) in [6.45, 7) is 7.74. The van der Waals surface area contributed by atoms with Gasteiger partial charge in [0.1, 0.15) is 6.61 Å². The molecule has 0 spiro atoms. The lowest BCUT2D eigenvalue weighted by Gasteiger charge is -2.16. The van der Waals surface area contributed by atoms with Crippen LogP contribution in [0.15, 0.2) is 36.4 Å². The summed E-state index contributed by atoms with van der Waals surface area (Å²) in [4.78, 5) is 0. The van der Waals surface area contributed by atoms with Crippen LogP contribution in [-0.2, 0) is 13.2 Å². The van der Waals surface area contributed by atoms with Crippen molar-refractivity contribution < 1.29 is 9.47 Å². The van der Waals surface area contributed by atoms with Crippen molar-refractivity contribution in [3.63, 3.8) is 0 Å². The van der Waals surface area contributed by atoms with Crippen LogP contribution in [0.3, 0.4) is 0 Å². The maximum atomic E-state index is 6.43. The average molecular weight is 405 g/mol. The van der Waals surface area contributed by atoms with Gasteiger partial charge in [-0.3, -0.25) is 0 Å². The highest BCUT2D eigenvalue weighted by Gasteiger charge is 2.14. The van der Waals surface area contributed by atoms with Crippen molar-refractivity contribution in [2.45, 2.75) is 40.0 Å². The topological polar surface area (TPSA) is 30.5 Å². The van der Waals surface area contributed by atoms with Gasteiger partial charge in [0.25, 0.3) is 0 Å². The molecule has 0 unspecified atom stereocenters. The minimum absolute atomic E-state index is 0. The second-order valence-corrected chi connectivity index (χ2v) is 6.57. The van der Waals surface area contributed by atoms with E-state index in [-0.39, 0.29) is 12.4 Å². The smallest absolute Gasteiger partial charge is 0.180 e. The molecule has 25 heavy (non-hydrogen) atoms. The Bertz CT molecular complexity index is 678. The minimum atomic E-state index is 0.